The first-order valence-corrected chi connectivity index (χ1v) is 5.79. The highest BCUT2D eigenvalue weighted by Gasteiger charge is 2.23. The van der Waals surface area contributed by atoms with E-state index in [9.17, 15) is 4.39 Å². The van der Waals surface area contributed by atoms with Gasteiger partial charge in [0.05, 0.1) is 6.61 Å². The first kappa shape index (κ1) is 14.1. The predicted molar refractivity (Wildman–Crippen MR) is 67.4 cm³/mol. The Morgan fingerprint density at radius 1 is 1.41 bits per heavy atom. The van der Waals surface area contributed by atoms with Crippen molar-refractivity contribution in [3.05, 3.63) is 35.6 Å². The highest BCUT2D eigenvalue weighted by molar-refractivity contribution is 5.25. The summed E-state index contributed by atoms with van der Waals surface area (Å²) in [5, 5.41) is 12.0. The van der Waals surface area contributed by atoms with Crippen molar-refractivity contribution in [1.29, 1.82) is 0 Å². The molecule has 4 heteroatoms. The van der Waals surface area contributed by atoms with Gasteiger partial charge in [-0.3, -0.25) is 0 Å². The highest BCUT2D eigenvalue weighted by atomic mass is 19.1. The first-order chi connectivity index (χ1) is 7.97. The van der Waals surface area contributed by atoms with E-state index in [0.29, 0.717) is 18.7 Å². The lowest BCUT2D eigenvalue weighted by atomic mass is 9.84. The molecule has 0 aliphatic heterocycles. The monoisotopic (exact) mass is 240 g/mol. The molecular formula is C13H21FN2O. The first-order valence-electron chi connectivity index (χ1n) is 5.79. The van der Waals surface area contributed by atoms with Crippen molar-refractivity contribution in [2.24, 2.45) is 5.73 Å². The lowest BCUT2D eigenvalue weighted by molar-refractivity contribution is 0.260. The minimum absolute atomic E-state index is 0.0485. The summed E-state index contributed by atoms with van der Waals surface area (Å²) in [5.41, 5.74) is 5.96. The molecule has 1 aromatic rings. The average Bonchev–Trinajstić information content (AvgIpc) is 2.28. The quantitative estimate of drug-likeness (QED) is 0.695. The fourth-order valence-corrected chi connectivity index (χ4v) is 1.74. The number of hydrogen-bond donors (Lipinski definition) is 3. The summed E-state index contributed by atoms with van der Waals surface area (Å²) in [6, 6.07) is 6.51. The van der Waals surface area contributed by atoms with Crippen molar-refractivity contribution >= 4 is 0 Å². The summed E-state index contributed by atoms with van der Waals surface area (Å²) in [6.07, 6.45) is 0. The summed E-state index contributed by atoms with van der Waals surface area (Å²) in [7, 11) is 0. The maximum atomic E-state index is 13.6. The van der Waals surface area contributed by atoms with Crippen LogP contribution in [0, 0.1) is 5.82 Å². The van der Waals surface area contributed by atoms with Crippen molar-refractivity contribution < 1.29 is 9.50 Å². The molecule has 1 atom stereocenters. The maximum absolute atomic E-state index is 13.6. The molecule has 4 N–H and O–H groups in total. The summed E-state index contributed by atoms with van der Waals surface area (Å²) in [6.45, 7) is 5.04. The lowest BCUT2D eigenvalue weighted by Crippen LogP contribution is -2.42. The third-order valence-corrected chi connectivity index (χ3v) is 2.81. The molecule has 0 radical (unpaired) electrons. The maximum Gasteiger partial charge on any atom is 0.126 e. The number of rotatable bonds is 6. The van der Waals surface area contributed by atoms with E-state index in [1.54, 1.807) is 12.1 Å². The second-order valence-electron chi connectivity index (χ2n) is 4.94. The second kappa shape index (κ2) is 6.10. The Bertz CT molecular complexity index is 355. The summed E-state index contributed by atoms with van der Waals surface area (Å²) >= 11 is 0. The minimum Gasteiger partial charge on any atom is -0.395 e. The van der Waals surface area contributed by atoms with Gasteiger partial charge in [0.25, 0.3) is 0 Å². The van der Waals surface area contributed by atoms with E-state index in [4.69, 9.17) is 10.8 Å². The molecule has 3 nitrogen and oxygen atoms in total. The molecule has 0 saturated carbocycles. The third kappa shape index (κ3) is 4.07. The molecule has 0 aliphatic carbocycles. The van der Waals surface area contributed by atoms with Crippen LogP contribution in [0.5, 0.6) is 0 Å². The zero-order valence-electron chi connectivity index (χ0n) is 10.4. The van der Waals surface area contributed by atoms with E-state index >= 15 is 0 Å². The van der Waals surface area contributed by atoms with E-state index in [0.717, 1.165) is 0 Å². The average molecular weight is 240 g/mol. The van der Waals surface area contributed by atoms with Crippen LogP contribution in [0.25, 0.3) is 0 Å². The summed E-state index contributed by atoms with van der Waals surface area (Å²) in [4.78, 5) is 0. The number of nitrogens with one attached hydrogen (secondary N) is 1. The van der Waals surface area contributed by atoms with Gasteiger partial charge >= 0.3 is 0 Å². The number of aliphatic hydroxyl groups is 1. The van der Waals surface area contributed by atoms with Gasteiger partial charge in [0, 0.05) is 24.5 Å². The molecule has 1 unspecified atom stereocenters. The number of benzene rings is 1. The molecule has 0 saturated heterocycles. The number of halogens is 1. The van der Waals surface area contributed by atoms with Gasteiger partial charge in [-0.15, -0.1) is 0 Å². The Morgan fingerprint density at radius 3 is 2.65 bits per heavy atom. The molecule has 1 aromatic carbocycles. The summed E-state index contributed by atoms with van der Waals surface area (Å²) in [5.74, 6) is -0.189. The van der Waals surface area contributed by atoms with E-state index < -0.39 is 0 Å². The Hall–Kier alpha value is -0.970. The number of hydrogen-bond acceptors (Lipinski definition) is 3. The molecule has 0 amide bonds. The molecule has 0 aromatic heterocycles. The second-order valence-corrected chi connectivity index (χ2v) is 4.94. The van der Waals surface area contributed by atoms with Crippen LogP contribution in [-0.4, -0.2) is 30.8 Å². The van der Waals surface area contributed by atoms with Crippen LogP contribution in [0.1, 0.15) is 19.4 Å². The van der Waals surface area contributed by atoms with E-state index in [1.807, 2.05) is 19.9 Å². The Balaban J connectivity index is 2.60. The van der Waals surface area contributed by atoms with Crippen molar-refractivity contribution in [2.75, 3.05) is 19.7 Å². The zero-order valence-corrected chi connectivity index (χ0v) is 10.4. The minimum atomic E-state index is -0.305. The largest absolute Gasteiger partial charge is 0.395 e. The van der Waals surface area contributed by atoms with E-state index in [-0.39, 0.29) is 23.9 Å². The van der Waals surface area contributed by atoms with Crippen molar-refractivity contribution in [3.8, 4) is 0 Å². The number of nitrogens with two attached hydrogens (primary N) is 1. The Morgan fingerprint density at radius 2 is 2.06 bits per heavy atom. The van der Waals surface area contributed by atoms with Gasteiger partial charge in [-0.25, -0.2) is 4.39 Å². The van der Waals surface area contributed by atoms with Gasteiger partial charge in [0.15, 0.2) is 0 Å². The van der Waals surface area contributed by atoms with Crippen LogP contribution in [0.2, 0.25) is 0 Å². The van der Waals surface area contributed by atoms with Crippen LogP contribution in [0.4, 0.5) is 4.39 Å². The predicted octanol–water partition coefficient (Wildman–Crippen LogP) is 1.01. The van der Waals surface area contributed by atoms with Crippen LogP contribution in [0.3, 0.4) is 0 Å². The lowest BCUT2D eigenvalue weighted by Gasteiger charge is -2.26. The van der Waals surface area contributed by atoms with Gasteiger partial charge in [0.1, 0.15) is 5.82 Å². The van der Waals surface area contributed by atoms with Crippen LogP contribution in [0.15, 0.2) is 24.3 Å². The molecule has 96 valence electrons. The van der Waals surface area contributed by atoms with Gasteiger partial charge in [0.2, 0.25) is 0 Å². The molecular weight excluding hydrogens is 219 g/mol. The van der Waals surface area contributed by atoms with Crippen LogP contribution >= 0.6 is 0 Å². The smallest absolute Gasteiger partial charge is 0.126 e. The van der Waals surface area contributed by atoms with Crippen LogP contribution in [-0.2, 0) is 5.41 Å². The van der Waals surface area contributed by atoms with Crippen LogP contribution < -0.4 is 11.1 Å². The van der Waals surface area contributed by atoms with Crippen molar-refractivity contribution in [2.45, 2.75) is 25.3 Å². The SMILES string of the molecule is CC(C)(CNCC(N)CO)c1ccccc1F. The van der Waals surface area contributed by atoms with E-state index in [2.05, 4.69) is 5.32 Å². The van der Waals surface area contributed by atoms with E-state index in [1.165, 1.54) is 6.07 Å². The zero-order chi connectivity index (χ0) is 12.9. The molecule has 17 heavy (non-hydrogen) atoms. The van der Waals surface area contributed by atoms with Gasteiger partial charge in [-0.2, -0.15) is 0 Å². The Kier molecular flexibility index (Phi) is 5.05. The molecule has 0 aliphatic rings. The fraction of sp³-hybridized carbons (Fsp3) is 0.538. The normalized spacial score (nSPS) is 13.7. The van der Waals surface area contributed by atoms with Crippen molar-refractivity contribution in [1.82, 2.24) is 5.32 Å². The molecule has 1 rings (SSSR count). The molecule has 0 heterocycles. The van der Waals surface area contributed by atoms with Gasteiger partial charge < -0.3 is 16.2 Å². The van der Waals surface area contributed by atoms with Crippen molar-refractivity contribution in [3.63, 3.8) is 0 Å². The molecule has 0 spiro atoms. The fourth-order valence-electron chi connectivity index (χ4n) is 1.74. The topological polar surface area (TPSA) is 58.3 Å². The molecule has 0 bridgehead atoms. The molecule has 0 fully saturated rings. The van der Waals surface area contributed by atoms with Gasteiger partial charge in [-0.05, 0) is 11.6 Å². The standard InChI is InChI=1S/C13H21FN2O/c1-13(2,9-16-7-10(15)8-17)11-5-3-4-6-12(11)14/h3-6,10,16-17H,7-9,15H2,1-2H3. The highest BCUT2D eigenvalue weighted by Crippen LogP contribution is 2.24. The Labute approximate surface area is 102 Å². The number of aliphatic hydroxyl groups excluding tert-OH is 1. The van der Waals surface area contributed by atoms with Gasteiger partial charge in [-0.1, -0.05) is 32.0 Å². The summed E-state index contributed by atoms with van der Waals surface area (Å²) < 4.78 is 13.6. The third-order valence-electron chi connectivity index (χ3n) is 2.81.